The minimum atomic E-state index is -0.600. The minimum absolute atomic E-state index is 0.179. The average molecular weight is 1150 g/mol. The van der Waals surface area contributed by atoms with Gasteiger partial charge >= 0.3 is 0 Å². The van der Waals surface area contributed by atoms with Crippen LogP contribution in [0.4, 0.5) is 34.1 Å². The van der Waals surface area contributed by atoms with Crippen molar-refractivity contribution in [1.29, 1.82) is 0 Å². The average Bonchev–Trinajstić information content (AvgIpc) is 1.20. The lowest BCUT2D eigenvalue weighted by atomic mass is 9.67. The van der Waals surface area contributed by atoms with E-state index in [1.165, 1.54) is 110 Å². The van der Waals surface area contributed by atoms with Gasteiger partial charge in [-0.25, -0.2) is 0 Å². The van der Waals surface area contributed by atoms with Crippen molar-refractivity contribution in [2.45, 2.75) is 24.7 Å². The van der Waals surface area contributed by atoms with Crippen LogP contribution in [0.5, 0.6) is 0 Å². The van der Waals surface area contributed by atoms with Crippen LogP contribution in [0, 0.1) is 0 Å². The van der Waals surface area contributed by atoms with Crippen LogP contribution in [0.3, 0.4) is 0 Å². The largest absolute Gasteiger partial charge is 0.310 e. The van der Waals surface area contributed by atoms with Crippen LogP contribution >= 0.6 is 0 Å². The summed E-state index contributed by atoms with van der Waals surface area (Å²) in [5, 5.41) is 7.09. The summed E-state index contributed by atoms with van der Waals surface area (Å²) in [6.45, 7) is 4.75. The Bertz CT molecular complexity index is 5210. The minimum Gasteiger partial charge on any atom is -0.310 e. The van der Waals surface area contributed by atoms with Crippen LogP contribution in [0.1, 0.15) is 47.2 Å². The van der Waals surface area contributed by atoms with E-state index in [2.05, 4.69) is 363 Å². The molecule has 0 saturated heterocycles. The van der Waals surface area contributed by atoms with Crippen LogP contribution in [-0.4, -0.2) is 0 Å². The lowest BCUT2D eigenvalue weighted by Crippen LogP contribution is -2.28. The van der Waals surface area contributed by atoms with E-state index in [0.717, 1.165) is 45.3 Å². The van der Waals surface area contributed by atoms with Crippen LogP contribution < -0.4 is 9.80 Å². The Morgan fingerprint density at radius 2 is 0.611 bits per heavy atom. The first-order valence-corrected chi connectivity index (χ1v) is 31.4. The molecule has 0 amide bonds. The van der Waals surface area contributed by atoms with E-state index in [4.69, 9.17) is 0 Å². The summed E-state index contributed by atoms with van der Waals surface area (Å²) in [6.07, 6.45) is 0. The van der Waals surface area contributed by atoms with Crippen molar-refractivity contribution < 1.29 is 0 Å². The van der Waals surface area contributed by atoms with E-state index in [-0.39, 0.29) is 5.41 Å². The Hall–Kier alpha value is -11.3. The zero-order chi connectivity index (χ0) is 59.9. The molecule has 15 aromatic rings. The topological polar surface area (TPSA) is 6.48 Å². The Labute approximate surface area is 526 Å². The van der Waals surface area contributed by atoms with E-state index >= 15 is 0 Å². The second-order valence-electron chi connectivity index (χ2n) is 24.7. The third kappa shape index (κ3) is 8.40. The number of benzene rings is 15. The molecule has 2 heteroatoms. The number of fused-ring (bicyclic) bond motifs is 9. The lowest BCUT2D eigenvalue weighted by Gasteiger charge is -2.34. The fraction of sp³-hybridized carbons (Fsp3) is 0.0455. The predicted octanol–water partition coefficient (Wildman–Crippen LogP) is 23.8. The van der Waals surface area contributed by atoms with Crippen molar-refractivity contribution in [3.8, 4) is 55.6 Å². The highest BCUT2D eigenvalue weighted by Gasteiger charge is 2.46. The number of rotatable bonds is 11. The molecule has 0 spiro atoms. The Morgan fingerprint density at radius 1 is 0.222 bits per heavy atom. The van der Waals surface area contributed by atoms with Gasteiger partial charge < -0.3 is 9.80 Å². The number of hydrogen-bond acceptors (Lipinski definition) is 2. The summed E-state index contributed by atoms with van der Waals surface area (Å²) in [5.74, 6) is 0. The molecule has 15 aromatic carbocycles. The van der Waals surface area contributed by atoms with Crippen LogP contribution in [0.15, 0.2) is 340 Å². The molecule has 2 aliphatic rings. The first kappa shape index (κ1) is 53.0. The highest BCUT2D eigenvalue weighted by molar-refractivity contribution is 6.23. The summed E-state index contributed by atoms with van der Waals surface area (Å²) in [7, 11) is 0. The van der Waals surface area contributed by atoms with Crippen molar-refractivity contribution >= 4 is 66.4 Å². The lowest BCUT2D eigenvalue weighted by molar-refractivity contribution is 0.660. The van der Waals surface area contributed by atoms with Crippen molar-refractivity contribution in [3.05, 3.63) is 373 Å². The molecule has 2 aliphatic carbocycles. The molecule has 0 aromatic heterocycles. The molecule has 0 fully saturated rings. The molecule has 0 atom stereocenters. The normalized spacial score (nSPS) is 13.2. The van der Waals surface area contributed by atoms with Gasteiger partial charge in [-0.05, 0) is 206 Å². The summed E-state index contributed by atoms with van der Waals surface area (Å²) >= 11 is 0. The van der Waals surface area contributed by atoms with Crippen LogP contribution in [-0.2, 0) is 10.8 Å². The molecular formula is C88H62N2. The van der Waals surface area contributed by atoms with Gasteiger partial charge in [-0.2, -0.15) is 0 Å². The third-order valence-electron chi connectivity index (χ3n) is 19.5. The van der Waals surface area contributed by atoms with Crippen molar-refractivity contribution in [2.75, 3.05) is 9.80 Å². The number of nitrogens with zero attached hydrogens (tertiary/aromatic N) is 2. The van der Waals surface area contributed by atoms with Gasteiger partial charge in [0.05, 0.1) is 5.41 Å². The maximum absolute atomic E-state index is 2.55. The van der Waals surface area contributed by atoms with E-state index in [0.29, 0.717) is 0 Å². The van der Waals surface area contributed by atoms with Gasteiger partial charge in [-0.3, -0.25) is 0 Å². The predicted molar refractivity (Wildman–Crippen MR) is 380 cm³/mol. The van der Waals surface area contributed by atoms with Gasteiger partial charge in [0.1, 0.15) is 0 Å². The van der Waals surface area contributed by atoms with Gasteiger partial charge in [-0.1, -0.05) is 269 Å². The van der Waals surface area contributed by atoms with Crippen molar-refractivity contribution in [2.24, 2.45) is 0 Å². The highest BCUT2D eigenvalue weighted by Crippen LogP contribution is 2.58. The summed E-state index contributed by atoms with van der Waals surface area (Å²) in [6, 6.07) is 127. The maximum Gasteiger partial charge on any atom is 0.0713 e. The van der Waals surface area contributed by atoms with E-state index in [9.17, 15) is 0 Å². The fourth-order valence-electron chi connectivity index (χ4n) is 15.4. The molecule has 0 aliphatic heterocycles. The first-order valence-electron chi connectivity index (χ1n) is 31.4. The van der Waals surface area contributed by atoms with Gasteiger partial charge in [0.2, 0.25) is 0 Å². The highest BCUT2D eigenvalue weighted by atomic mass is 15.1. The zero-order valence-corrected chi connectivity index (χ0v) is 50.2. The molecule has 0 radical (unpaired) electrons. The number of hydrogen-bond donors (Lipinski definition) is 0. The molecular weight excluding hydrogens is 1080 g/mol. The molecule has 0 bridgehead atoms. The van der Waals surface area contributed by atoms with Gasteiger partial charge in [-0.15, -0.1) is 0 Å². The molecule has 2 nitrogen and oxygen atoms in total. The second kappa shape index (κ2) is 21.2. The van der Waals surface area contributed by atoms with Gasteiger partial charge in [0.25, 0.3) is 0 Å². The van der Waals surface area contributed by atoms with Gasteiger partial charge in [0.15, 0.2) is 0 Å². The summed E-state index contributed by atoms with van der Waals surface area (Å²) in [5.41, 5.74) is 25.7. The SMILES string of the molecule is CC1(C)c2ccccc2-c2ccc(N(c3ccccc3)c3ccc4c(-c5ccc6c(c5)C(c5ccccc5)(c5ccccc5)c5ccccc5-6)c5cc(N(c6ccccc6)c6ccc(-c7ccccc7)cc6)ccc5c(-c5ccc6ccccc6c5)c4c3)cc21. The standard InChI is InChI=1S/C88H62N2/c1-87(2)81-38-22-20-36-73(81)75-51-47-72(58-83(75)87)90(68-34-16-7-17-35-68)71-49-53-78-79(57-71)85(63-41-40-60-26-18-19-27-62(60)54-63)77-52-48-70(89(67-32-14-6-15-33-67)69-45-42-61(43-46-69)59-24-8-3-9-25-59)56-80(77)86(78)64-44-50-76-74-37-21-23-39-82(74)88(84(76)55-64,65-28-10-4-11-29-65)66-30-12-5-13-31-66/h3-58H,1-2H3. The molecule has 17 rings (SSSR count). The third-order valence-corrected chi connectivity index (χ3v) is 19.5. The van der Waals surface area contributed by atoms with E-state index in [1.807, 2.05) is 0 Å². The van der Waals surface area contributed by atoms with Crippen molar-refractivity contribution in [3.63, 3.8) is 0 Å². The maximum atomic E-state index is 2.55. The van der Waals surface area contributed by atoms with E-state index in [1.54, 1.807) is 0 Å². The Balaban J connectivity index is 0.972. The van der Waals surface area contributed by atoms with Gasteiger partial charge in [0, 0.05) is 39.5 Å². The number of para-hydroxylation sites is 2. The van der Waals surface area contributed by atoms with Crippen molar-refractivity contribution in [1.82, 2.24) is 0 Å². The quantitative estimate of drug-likeness (QED) is 0.119. The smallest absolute Gasteiger partial charge is 0.0713 e. The monoisotopic (exact) mass is 1150 g/mol. The Kier molecular flexibility index (Phi) is 12.5. The molecule has 0 heterocycles. The number of anilines is 6. The van der Waals surface area contributed by atoms with Crippen LogP contribution in [0.25, 0.3) is 88.0 Å². The molecule has 0 unspecified atom stereocenters. The zero-order valence-electron chi connectivity index (χ0n) is 50.2. The molecule has 0 N–H and O–H groups in total. The fourth-order valence-corrected chi connectivity index (χ4v) is 15.4. The molecule has 90 heavy (non-hydrogen) atoms. The van der Waals surface area contributed by atoms with Crippen LogP contribution in [0.2, 0.25) is 0 Å². The molecule has 424 valence electrons. The summed E-state index contributed by atoms with van der Waals surface area (Å²) in [4.78, 5) is 4.89. The first-order chi connectivity index (χ1) is 44.4. The van der Waals surface area contributed by atoms with E-state index < -0.39 is 5.41 Å². The Morgan fingerprint density at radius 3 is 1.22 bits per heavy atom. The summed E-state index contributed by atoms with van der Waals surface area (Å²) < 4.78 is 0. The molecule has 0 saturated carbocycles. The second-order valence-corrected chi connectivity index (χ2v) is 24.7.